The molecule has 2 aliphatic heterocycles. The molecule has 31 heavy (non-hydrogen) atoms. The molecule has 1 aromatic heterocycles. The normalized spacial score (nSPS) is 23.1. The first-order valence-corrected chi connectivity index (χ1v) is 13.4. The summed E-state index contributed by atoms with van der Waals surface area (Å²) in [7, 11) is -3.61. The molecule has 2 aromatic rings. The number of sulfonamides is 1. The average Bonchev–Trinajstić information content (AvgIpc) is 3.47. The minimum Gasteiger partial charge on any atom is -0.351 e. The van der Waals surface area contributed by atoms with E-state index in [1.54, 1.807) is 17.5 Å². The van der Waals surface area contributed by atoms with E-state index in [0.29, 0.717) is 36.2 Å². The fourth-order valence-electron chi connectivity index (χ4n) is 4.51. The SMILES string of the molecule is CC1CCCCN1Cc1ccc(CNC(=O)C2CCCN2S(=O)(=O)c2cccs2)cc1. The predicted octanol–water partition coefficient (Wildman–Crippen LogP) is 3.59. The molecule has 1 amide bonds. The Bertz CT molecular complexity index is 974. The van der Waals surface area contributed by atoms with Crippen LogP contribution in [-0.2, 0) is 27.9 Å². The molecule has 2 unspecified atom stereocenters. The van der Waals surface area contributed by atoms with Crippen LogP contribution in [0.1, 0.15) is 50.2 Å². The van der Waals surface area contributed by atoms with E-state index < -0.39 is 16.1 Å². The van der Waals surface area contributed by atoms with E-state index in [9.17, 15) is 13.2 Å². The maximum absolute atomic E-state index is 12.9. The highest BCUT2D eigenvalue weighted by Gasteiger charge is 2.39. The Kier molecular flexibility index (Phi) is 7.11. The molecular formula is C23H31N3O3S2. The van der Waals surface area contributed by atoms with Gasteiger partial charge in [0.05, 0.1) is 0 Å². The van der Waals surface area contributed by atoms with Gasteiger partial charge in [-0.15, -0.1) is 11.3 Å². The third-order valence-corrected chi connectivity index (χ3v) is 9.66. The van der Waals surface area contributed by atoms with Gasteiger partial charge in [-0.2, -0.15) is 4.31 Å². The van der Waals surface area contributed by atoms with E-state index in [-0.39, 0.29) is 5.91 Å². The molecule has 1 aromatic carbocycles. The van der Waals surface area contributed by atoms with Gasteiger partial charge in [-0.05, 0) is 61.7 Å². The second kappa shape index (κ2) is 9.81. The van der Waals surface area contributed by atoms with Crippen LogP contribution in [0.2, 0.25) is 0 Å². The number of rotatable bonds is 7. The fourth-order valence-corrected chi connectivity index (χ4v) is 7.29. The highest BCUT2D eigenvalue weighted by Crippen LogP contribution is 2.28. The van der Waals surface area contributed by atoms with Crippen molar-refractivity contribution in [1.82, 2.24) is 14.5 Å². The third kappa shape index (κ3) is 5.19. The topological polar surface area (TPSA) is 69.7 Å². The van der Waals surface area contributed by atoms with Crippen molar-refractivity contribution < 1.29 is 13.2 Å². The molecule has 2 aliphatic rings. The van der Waals surface area contributed by atoms with E-state index in [4.69, 9.17) is 0 Å². The zero-order valence-corrected chi connectivity index (χ0v) is 19.6. The number of thiophene rings is 1. The number of amides is 1. The number of carbonyl (C=O) groups is 1. The van der Waals surface area contributed by atoms with Gasteiger partial charge in [0.2, 0.25) is 5.91 Å². The van der Waals surface area contributed by atoms with Crippen LogP contribution in [-0.4, -0.2) is 48.7 Å². The summed E-state index contributed by atoms with van der Waals surface area (Å²) in [6.07, 6.45) is 5.12. The van der Waals surface area contributed by atoms with Crippen molar-refractivity contribution in [1.29, 1.82) is 0 Å². The number of piperidine rings is 1. The van der Waals surface area contributed by atoms with Crippen LogP contribution in [0.5, 0.6) is 0 Å². The van der Waals surface area contributed by atoms with Gasteiger partial charge in [0, 0.05) is 25.7 Å². The summed E-state index contributed by atoms with van der Waals surface area (Å²) in [5.41, 5.74) is 2.31. The van der Waals surface area contributed by atoms with Gasteiger partial charge in [0.1, 0.15) is 10.3 Å². The largest absolute Gasteiger partial charge is 0.351 e. The zero-order valence-electron chi connectivity index (χ0n) is 18.0. The van der Waals surface area contributed by atoms with Gasteiger partial charge in [0.15, 0.2) is 0 Å². The van der Waals surface area contributed by atoms with Crippen molar-refractivity contribution in [2.75, 3.05) is 13.1 Å². The van der Waals surface area contributed by atoms with E-state index >= 15 is 0 Å². The molecular weight excluding hydrogens is 430 g/mol. The van der Waals surface area contributed by atoms with Gasteiger partial charge in [-0.3, -0.25) is 9.69 Å². The molecule has 8 heteroatoms. The van der Waals surface area contributed by atoms with Crippen LogP contribution in [0.15, 0.2) is 46.0 Å². The number of hydrogen-bond acceptors (Lipinski definition) is 5. The minimum absolute atomic E-state index is 0.219. The first kappa shape index (κ1) is 22.5. The Labute approximate surface area is 189 Å². The van der Waals surface area contributed by atoms with Crippen LogP contribution in [0.25, 0.3) is 0 Å². The van der Waals surface area contributed by atoms with Crippen LogP contribution in [0, 0.1) is 0 Å². The number of hydrogen-bond donors (Lipinski definition) is 1. The van der Waals surface area contributed by atoms with Crippen molar-refractivity contribution in [2.45, 2.75) is 68.4 Å². The first-order chi connectivity index (χ1) is 14.9. The van der Waals surface area contributed by atoms with Gasteiger partial charge in [0.25, 0.3) is 10.0 Å². The van der Waals surface area contributed by atoms with Crippen molar-refractivity contribution in [3.05, 3.63) is 52.9 Å². The van der Waals surface area contributed by atoms with E-state index in [1.807, 2.05) is 0 Å². The molecule has 0 radical (unpaired) electrons. The highest BCUT2D eigenvalue weighted by molar-refractivity contribution is 7.91. The van der Waals surface area contributed by atoms with E-state index in [2.05, 4.69) is 41.4 Å². The summed E-state index contributed by atoms with van der Waals surface area (Å²) in [5, 5.41) is 4.69. The van der Waals surface area contributed by atoms with Crippen molar-refractivity contribution in [3.63, 3.8) is 0 Å². The summed E-state index contributed by atoms with van der Waals surface area (Å²) in [6.45, 7) is 5.22. The Morgan fingerprint density at radius 1 is 1.06 bits per heavy atom. The quantitative estimate of drug-likeness (QED) is 0.684. The van der Waals surface area contributed by atoms with Gasteiger partial charge >= 0.3 is 0 Å². The standard InChI is InChI=1S/C23H31N3O3S2/c1-18-6-2-3-13-25(18)17-20-11-9-19(10-12-20)16-24-23(27)21-7-4-14-26(21)31(28,29)22-8-5-15-30-22/h5,8-12,15,18,21H,2-4,6-7,13-14,16-17H2,1H3,(H,24,27). The molecule has 0 spiro atoms. The Morgan fingerprint density at radius 2 is 1.84 bits per heavy atom. The van der Waals surface area contributed by atoms with Crippen LogP contribution in [0.4, 0.5) is 0 Å². The zero-order chi connectivity index (χ0) is 21.8. The van der Waals surface area contributed by atoms with Crippen LogP contribution < -0.4 is 5.32 Å². The summed E-state index contributed by atoms with van der Waals surface area (Å²) < 4.78 is 27.4. The molecule has 2 fully saturated rings. The molecule has 2 atom stereocenters. The van der Waals surface area contributed by atoms with E-state index in [0.717, 1.165) is 18.7 Å². The predicted molar refractivity (Wildman–Crippen MR) is 123 cm³/mol. The van der Waals surface area contributed by atoms with Gasteiger partial charge in [-0.1, -0.05) is 36.8 Å². The summed E-state index contributed by atoms with van der Waals surface area (Å²) in [4.78, 5) is 15.3. The maximum Gasteiger partial charge on any atom is 0.253 e. The molecule has 6 nitrogen and oxygen atoms in total. The van der Waals surface area contributed by atoms with Crippen molar-refractivity contribution >= 4 is 27.3 Å². The molecule has 1 N–H and O–H groups in total. The summed E-state index contributed by atoms with van der Waals surface area (Å²) in [5.74, 6) is -0.219. The van der Waals surface area contributed by atoms with Gasteiger partial charge in [-0.25, -0.2) is 8.42 Å². The maximum atomic E-state index is 12.9. The number of carbonyl (C=O) groups excluding carboxylic acids is 1. The highest BCUT2D eigenvalue weighted by atomic mass is 32.2. The lowest BCUT2D eigenvalue weighted by Gasteiger charge is -2.33. The molecule has 0 aliphatic carbocycles. The number of nitrogens with one attached hydrogen (secondary N) is 1. The van der Waals surface area contributed by atoms with Crippen molar-refractivity contribution in [2.24, 2.45) is 0 Å². The molecule has 0 bridgehead atoms. The smallest absolute Gasteiger partial charge is 0.253 e. The van der Waals surface area contributed by atoms with Crippen molar-refractivity contribution in [3.8, 4) is 0 Å². The third-order valence-electron chi connectivity index (χ3n) is 6.38. The Morgan fingerprint density at radius 3 is 2.55 bits per heavy atom. The average molecular weight is 462 g/mol. The second-order valence-corrected chi connectivity index (χ2v) is 11.6. The van der Waals surface area contributed by atoms with Crippen LogP contribution >= 0.6 is 11.3 Å². The lowest BCUT2D eigenvalue weighted by Crippen LogP contribution is -2.45. The second-order valence-electron chi connectivity index (χ2n) is 8.56. The summed E-state index contributed by atoms with van der Waals surface area (Å²) in [6, 6.07) is 11.7. The minimum atomic E-state index is -3.61. The molecule has 168 valence electrons. The lowest BCUT2D eigenvalue weighted by molar-refractivity contribution is -0.124. The fraction of sp³-hybridized carbons (Fsp3) is 0.522. The monoisotopic (exact) mass is 461 g/mol. The number of benzene rings is 1. The molecule has 0 saturated carbocycles. The summed E-state index contributed by atoms with van der Waals surface area (Å²) >= 11 is 1.19. The molecule has 4 rings (SSSR count). The number of nitrogens with zero attached hydrogens (tertiary/aromatic N) is 2. The lowest BCUT2D eigenvalue weighted by atomic mass is 10.0. The molecule has 3 heterocycles. The Balaban J connectivity index is 1.33. The number of likely N-dealkylation sites (tertiary alicyclic amines) is 1. The Hall–Kier alpha value is -1.74. The first-order valence-electron chi connectivity index (χ1n) is 11.1. The van der Waals surface area contributed by atoms with E-state index in [1.165, 1.54) is 40.5 Å². The molecule has 2 saturated heterocycles. The van der Waals surface area contributed by atoms with Crippen LogP contribution in [0.3, 0.4) is 0 Å². The van der Waals surface area contributed by atoms with Gasteiger partial charge < -0.3 is 5.32 Å².